The molecule has 28 heavy (non-hydrogen) atoms. The van der Waals surface area contributed by atoms with Gasteiger partial charge in [0.25, 0.3) is 5.91 Å². The standard InChI is InChI=1S/C22H27N3O2S/c1-13-14(2)20(21(23)27)22(24-15(13)3)28-12-19(26)25(4)18-11-7-9-16-8-5-6-10-17(16)18/h5-6,8,10,18H,7,9,11-12H2,1-4H3,(H2,23,27)/t18-/m1/s1. The summed E-state index contributed by atoms with van der Waals surface area (Å²) in [6.45, 7) is 5.71. The lowest BCUT2D eigenvalue weighted by atomic mass is 9.87. The monoisotopic (exact) mass is 397 g/mol. The first kappa shape index (κ1) is 20.4. The van der Waals surface area contributed by atoms with Crippen LogP contribution >= 0.6 is 11.8 Å². The molecule has 2 amide bonds. The van der Waals surface area contributed by atoms with Crippen molar-refractivity contribution in [3.8, 4) is 0 Å². The minimum absolute atomic E-state index is 0.0276. The van der Waals surface area contributed by atoms with E-state index in [0.717, 1.165) is 36.1 Å². The molecule has 1 aromatic heterocycles. The van der Waals surface area contributed by atoms with E-state index in [1.807, 2.05) is 38.8 Å². The number of thioether (sulfide) groups is 1. The predicted octanol–water partition coefficient (Wildman–Crippen LogP) is 3.73. The SMILES string of the molecule is Cc1nc(SCC(=O)N(C)[C@@H]2CCCc3ccccc32)c(C(N)=O)c(C)c1C. The van der Waals surface area contributed by atoms with Crippen molar-refractivity contribution in [3.05, 3.63) is 57.8 Å². The second-order valence-electron chi connectivity index (χ2n) is 7.39. The average Bonchev–Trinajstić information content (AvgIpc) is 2.68. The van der Waals surface area contributed by atoms with E-state index >= 15 is 0 Å². The highest BCUT2D eigenvalue weighted by Crippen LogP contribution is 2.34. The topological polar surface area (TPSA) is 76.3 Å². The van der Waals surface area contributed by atoms with Gasteiger partial charge in [0, 0.05) is 12.7 Å². The molecule has 5 nitrogen and oxygen atoms in total. The van der Waals surface area contributed by atoms with Crippen LogP contribution in [0.3, 0.4) is 0 Å². The number of hydrogen-bond donors (Lipinski definition) is 1. The van der Waals surface area contributed by atoms with E-state index in [-0.39, 0.29) is 17.7 Å². The molecule has 0 bridgehead atoms. The maximum atomic E-state index is 12.9. The molecule has 6 heteroatoms. The second-order valence-corrected chi connectivity index (χ2v) is 8.36. The summed E-state index contributed by atoms with van der Waals surface area (Å²) in [5.74, 6) is -0.248. The molecule has 0 unspecified atom stereocenters. The molecule has 2 N–H and O–H groups in total. The lowest BCUT2D eigenvalue weighted by Gasteiger charge is -2.33. The summed E-state index contributed by atoms with van der Waals surface area (Å²) in [4.78, 5) is 31.2. The molecule has 0 aliphatic heterocycles. The van der Waals surface area contributed by atoms with Crippen molar-refractivity contribution in [2.24, 2.45) is 5.73 Å². The maximum absolute atomic E-state index is 12.9. The summed E-state index contributed by atoms with van der Waals surface area (Å²) in [5, 5.41) is 0.541. The van der Waals surface area contributed by atoms with Gasteiger partial charge in [-0.25, -0.2) is 4.98 Å². The Bertz CT molecular complexity index is 926. The lowest BCUT2D eigenvalue weighted by molar-refractivity contribution is -0.129. The van der Waals surface area contributed by atoms with E-state index in [2.05, 4.69) is 23.2 Å². The zero-order valence-electron chi connectivity index (χ0n) is 16.9. The Morgan fingerprint density at radius 1 is 1.21 bits per heavy atom. The van der Waals surface area contributed by atoms with Crippen LogP contribution in [0.4, 0.5) is 0 Å². The number of aromatic nitrogens is 1. The number of pyridine rings is 1. The Balaban J connectivity index is 1.77. The van der Waals surface area contributed by atoms with E-state index < -0.39 is 5.91 Å². The Labute approximate surface area is 170 Å². The van der Waals surface area contributed by atoms with Gasteiger partial charge in [-0.1, -0.05) is 36.0 Å². The van der Waals surface area contributed by atoms with Crippen LogP contribution in [0.2, 0.25) is 0 Å². The zero-order chi connectivity index (χ0) is 20.4. The Morgan fingerprint density at radius 3 is 2.64 bits per heavy atom. The smallest absolute Gasteiger partial charge is 0.251 e. The first-order valence-corrected chi connectivity index (χ1v) is 10.5. The fraction of sp³-hybridized carbons (Fsp3) is 0.409. The van der Waals surface area contributed by atoms with E-state index in [1.165, 1.54) is 22.9 Å². The molecule has 0 fully saturated rings. The zero-order valence-corrected chi connectivity index (χ0v) is 17.7. The van der Waals surface area contributed by atoms with Crippen LogP contribution < -0.4 is 5.73 Å². The lowest BCUT2D eigenvalue weighted by Crippen LogP contribution is -2.34. The highest BCUT2D eigenvalue weighted by molar-refractivity contribution is 8.00. The Kier molecular flexibility index (Phi) is 6.08. The van der Waals surface area contributed by atoms with Gasteiger partial charge in [0.2, 0.25) is 5.91 Å². The molecule has 1 aliphatic rings. The van der Waals surface area contributed by atoms with Crippen molar-refractivity contribution >= 4 is 23.6 Å². The van der Waals surface area contributed by atoms with Gasteiger partial charge < -0.3 is 10.6 Å². The van der Waals surface area contributed by atoms with Gasteiger partial charge >= 0.3 is 0 Å². The first-order valence-electron chi connectivity index (χ1n) is 9.55. The van der Waals surface area contributed by atoms with Gasteiger partial charge in [-0.3, -0.25) is 9.59 Å². The molecular formula is C22H27N3O2S. The van der Waals surface area contributed by atoms with Crippen LogP contribution in [-0.4, -0.2) is 34.5 Å². The predicted molar refractivity (Wildman–Crippen MR) is 113 cm³/mol. The summed E-state index contributed by atoms with van der Waals surface area (Å²) >= 11 is 1.29. The number of rotatable bonds is 5. The van der Waals surface area contributed by atoms with Crippen molar-refractivity contribution in [2.45, 2.75) is 51.1 Å². The highest BCUT2D eigenvalue weighted by Gasteiger charge is 2.27. The third kappa shape index (κ3) is 3.92. The largest absolute Gasteiger partial charge is 0.366 e. The third-order valence-corrected chi connectivity index (χ3v) is 6.70. The fourth-order valence-corrected chi connectivity index (χ4v) is 4.91. The number of fused-ring (bicyclic) bond motifs is 1. The van der Waals surface area contributed by atoms with Gasteiger partial charge in [-0.2, -0.15) is 0 Å². The van der Waals surface area contributed by atoms with Gasteiger partial charge in [0.05, 0.1) is 17.4 Å². The van der Waals surface area contributed by atoms with Crippen LogP contribution in [0.25, 0.3) is 0 Å². The minimum atomic E-state index is -0.502. The molecule has 1 aromatic carbocycles. The van der Waals surface area contributed by atoms with Crippen LogP contribution in [0, 0.1) is 20.8 Å². The normalized spacial score (nSPS) is 15.8. The quantitative estimate of drug-likeness (QED) is 0.780. The summed E-state index contributed by atoms with van der Waals surface area (Å²) in [7, 11) is 1.86. The van der Waals surface area contributed by atoms with Crippen LogP contribution in [0.5, 0.6) is 0 Å². The fourth-order valence-electron chi connectivity index (χ4n) is 3.84. The Morgan fingerprint density at radius 2 is 1.93 bits per heavy atom. The molecule has 0 saturated heterocycles. The molecule has 1 atom stereocenters. The molecule has 148 valence electrons. The van der Waals surface area contributed by atoms with Crippen LogP contribution in [-0.2, 0) is 11.2 Å². The van der Waals surface area contributed by atoms with Crippen molar-refractivity contribution in [1.29, 1.82) is 0 Å². The minimum Gasteiger partial charge on any atom is -0.366 e. The van der Waals surface area contributed by atoms with Crippen molar-refractivity contribution in [2.75, 3.05) is 12.8 Å². The van der Waals surface area contributed by atoms with Gasteiger partial charge in [-0.15, -0.1) is 0 Å². The highest BCUT2D eigenvalue weighted by atomic mass is 32.2. The number of aryl methyl sites for hydroxylation is 2. The summed E-state index contributed by atoms with van der Waals surface area (Å²) in [6.07, 6.45) is 3.12. The average molecular weight is 398 g/mol. The molecule has 0 saturated carbocycles. The van der Waals surface area contributed by atoms with Crippen molar-refractivity contribution in [1.82, 2.24) is 9.88 Å². The summed E-state index contributed by atoms with van der Waals surface area (Å²) in [5.41, 5.74) is 11.2. The van der Waals surface area contributed by atoms with E-state index in [9.17, 15) is 9.59 Å². The number of nitrogens with two attached hydrogens (primary N) is 1. The molecular weight excluding hydrogens is 370 g/mol. The number of benzene rings is 1. The summed E-state index contributed by atoms with van der Waals surface area (Å²) < 4.78 is 0. The van der Waals surface area contributed by atoms with Gasteiger partial charge in [0.15, 0.2) is 0 Å². The second kappa shape index (κ2) is 8.35. The number of hydrogen-bond acceptors (Lipinski definition) is 4. The number of nitrogens with zero attached hydrogens (tertiary/aromatic N) is 2. The van der Waals surface area contributed by atoms with E-state index in [0.29, 0.717) is 10.6 Å². The number of primary amides is 1. The third-order valence-electron chi connectivity index (χ3n) is 5.74. The van der Waals surface area contributed by atoms with Crippen LogP contribution in [0.1, 0.15) is 57.2 Å². The molecule has 2 aromatic rings. The number of carbonyl (C=O) groups is 2. The number of carbonyl (C=O) groups excluding carboxylic acids is 2. The van der Waals surface area contributed by atoms with Crippen molar-refractivity contribution < 1.29 is 9.59 Å². The number of amides is 2. The summed E-state index contributed by atoms with van der Waals surface area (Å²) in [6, 6.07) is 8.46. The van der Waals surface area contributed by atoms with Gasteiger partial charge in [-0.05, 0) is 62.3 Å². The van der Waals surface area contributed by atoms with E-state index in [4.69, 9.17) is 5.73 Å². The molecule has 1 heterocycles. The van der Waals surface area contributed by atoms with Crippen molar-refractivity contribution in [3.63, 3.8) is 0 Å². The molecule has 1 aliphatic carbocycles. The Hall–Kier alpha value is -2.34. The molecule has 0 spiro atoms. The molecule has 0 radical (unpaired) electrons. The first-order chi connectivity index (χ1) is 13.3. The molecule has 3 rings (SSSR count). The van der Waals surface area contributed by atoms with Gasteiger partial charge in [0.1, 0.15) is 5.03 Å². The maximum Gasteiger partial charge on any atom is 0.251 e. The van der Waals surface area contributed by atoms with E-state index in [1.54, 1.807) is 0 Å². The van der Waals surface area contributed by atoms with Crippen LogP contribution in [0.15, 0.2) is 29.3 Å².